The van der Waals surface area contributed by atoms with E-state index in [2.05, 4.69) is 25.2 Å². The molecule has 28 heavy (non-hydrogen) atoms. The van der Waals surface area contributed by atoms with Crippen molar-refractivity contribution in [3.63, 3.8) is 0 Å². The molecular formula is C20H22N6O2. The summed E-state index contributed by atoms with van der Waals surface area (Å²) in [6.45, 7) is 6.31. The molecule has 0 atom stereocenters. The number of amides is 1. The molecular weight excluding hydrogens is 356 g/mol. The monoisotopic (exact) mass is 378 g/mol. The van der Waals surface area contributed by atoms with Gasteiger partial charge in [0.15, 0.2) is 0 Å². The number of nitrogens with zero attached hydrogens (tertiary/aromatic N) is 5. The van der Waals surface area contributed by atoms with Crippen LogP contribution in [0.3, 0.4) is 0 Å². The van der Waals surface area contributed by atoms with E-state index in [9.17, 15) is 9.59 Å². The summed E-state index contributed by atoms with van der Waals surface area (Å²) in [7, 11) is 0. The van der Waals surface area contributed by atoms with Gasteiger partial charge in [-0.2, -0.15) is 0 Å². The van der Waals surface area contributed by atoms with Crippen LogP contribution >= 0.6 is 0 Å². The molecule has 4 heterocycles. The van der Waals surface area contributed by atoms with E-state index in [0.29, 0.717) is 23.4 Å². The Morgan fingerprint density at radius 3 is 2.75 bits per heavy atom. The Kier molecular flexibility index (Phi) is 4.77. The number of aryl methyl sites for hydroxylation is 2. The molecule has 0 unspecified atom stereocenters. The van der Waals surface area contributed by atoms with Crippen molar-refractivity contribution in [2.45, 2.75) is 33.2 Å². The average Bonchev–Trinajstić information content (AvgIpc) is 3.23. The summed E-state index contributed by atoms with van der Waals surface area (Å²) in [6.07, 6.45) is 5.26. The number of anilines is 2. The Morgan fingerprint density at radius 2 is 2.00 bits per heavy atom. The molecule has 0 bridgehead atoms. The van der Waals surface area contributed by atoms with Gasteiger partial charge in [0, 0.05) is 37.6 Å². The minimum Gasteiger partial charge on any atom is -0.356 e. The van der Waals surface area contributed by atoms with Crippen molar-refractivity contribution in [3.8, 4) is 0 Å². The summed E-state index contributed by atoms with van der Waals surface area (Å²) >= 11 is 0. The number of pyridine rings is 2. The van der Waals surface area contributed by atoms with Crippen molar-refractivity contribution in [2.24, 2.45) is 0 Å². The molecule has 1 fully saturated rings. The topological polar surface area (TPSA) is 93.0 Å². The van der Waals surface area contributed by atoms with E-state index in [-0.39, 0.29) is 11.0 Å². The Hall–Kier alpha value is -3.29. The predicted octanol–water partition coefficient (Wildman–Crippen LogP) is 2.37. The first-order chi connectivity index (χ1) is 13.6. The fourth-order valence-corrected chi connectivity index (χ4v) is 3.48. The molecule has 144 valence electrons. The Labute approximate surface area is 162 Å². The molecule has 8 heteroatoms. The van der Waals surface area contributed by atoms with Crippen molar-refractivity contribution in [1.82, 2.24) is 19.5 Å². The SMILES string of the molecule is CCn1cc(C(=O)Nc2cc(N3CCCC3)ncn2)c(=O)c2ccc(C)nc21. The molecule has 1 N–H and O–H groups in total. The highest BCUT2D eigenvalue weighted by atomic mass is 16.2. The van der Waals surface area contributed by atoms with Crippen molar-refractivity contribution >= 4 is 28.6 Å². The first-order valence-corrected chi connectivity index (χ1v) is 9.46. The number of rotatable bonds is 4. The van der Waals surface area contributed by atoms with Gasteiger partial charge in [-0.15, -0.1) is 0 Å². The summed E-state index contributed by atoms with van der Waals surface area (Å²) in [5.74, 6) is 0.680. The van der Waals surface area contributed by atoms with Crippen LogP contribution in [0.15, 0.2) is 35.5 Å². The van der Waals surface area contributed by atoms with Crippen LogP contribution < -0.4 is 15.6 Å². The van der Waals surface area contributed by atoms with Crippen LogP contribution in [-0.4, -0.2) is 38.5 Å². The van der Waals surface area contributed by atoms with Gasteiger partial charge in [-0.05, 0) is 38.8 Å². The molecule has 0 saturated carbocycles. The van der Waals surface area contributed by atoms with E-state index in [1.807, 2.05) is 18.4 Å². The molecule has 4 rings (SSSR count). The van der Waals surface area contributed by atoms with E-state index in [1.165, 1.54) is 6.33 Å². The van der Waals surface area contributed by atoms with Crippen LogP contribution in [0.1, 0.15) is 35.8 Å². The highest BCUT2D eigenvalue weighted by molar-refractivity contribution is 6.05. The van der Waals surface area contributed by atoms with Crippen LogP contribution in [0.5, 0.6) is 0 Å². The molecule has 0 spiro atoms. The van der Waals surface area contributed by atoms with Gasteiger partial charge in [-0.3, -0.25) is 9.59 Å². The predicted molar refractivity (Wildman–Crippen MR) is 108 cm³/mol. The van der Waals surface area contributed by atoms with Gasteiger partial charge in [0.05, 0.1) is 5.39 Å². The lowest BCUT2D eigenvalue weighted by molar-refractivity contribution is 0.102. The van der Waals surface area contributed by atoms with Crippen molar-refractivity contribution in [3.05, 3.63) is 52.2 Å². The average molecular weight is 378 g/mol. The van der Waals surface area contributed by atoms with Crippen molar-refractivity contribution < 1.29 is 4.79 Å². The molecule has 8 nitrogen and oxygen atoms in total. The summed E-state index contributed by atoms with van der Waals surface area (Å²) < 4.78 is 1.81. The van der Waals surface area contributed by atoms with Gasteiger partial charge >= 0.3 is 0 Å². The molecule has 1 aliphatic heterocycles. The summed E-state index contributed by atoms with van der Waals surface area (Å²) in [4.78, 5) is 40.7. The van der Waals surface area contributed by atoms with Crippen molar-refractivity contribution in [1.29, 1.82) is 0 Å². The quantitative estimate of drug-likeness (QED) is 0.749. The molecule has 0 aliphatic carbocycles. The Balaban J connectivity index is 1.68. The second-order valence-electron chi connectivity index (χ2n) is 6.89. The van der Waals surface area contributed by atoms with E-state index >= 15 is 0 Å². The van der Waals surface area contributed by atoms with Crippen LogP contribution in [0, 0.1) is 6.92 Å². The van der Waals surface area contributed by atoms with E-state index in [1.54, 1.807) is 24.4 Å². The maximum atomic E-state index is 12.9. The molecule has 1 aliphatic rings. The van der Waals surface area contributed by atoms with Gasteiger partial charge in [-0.1, -0.05) is 0 Å². The second-order valence-corrected chi connectivity index (χ2v) is 6.89. The van der Waals surface area contributed by atoms with E-state index in [0.717, 1.165) is 37.4 Å². The molecule has 3 aromatic heterocycles. The van der Waals surface area contributed by atoms with Gasteiger partial charge in [-0.25, -0.2) is 15.0 Å². The summed E-state index contributed by atoms with van der Waals surface area (Å²) in [5, 5.41) is 3.17. The third-order valence-electron chi connectivity index (χ3n) is 4.97. The fourth-order valence-electron chi connectivity index (χ4n) is 3.48. The van der Waals surface area contributed by atoms with Gasteiger partial charge in [0.2, 0.25) is 5.43 Å². The second kappa shape index (κ2) is 7.38. The fraction of sp³-hybridized carbons (Fsp3) is 0.350. The van der Waals surface area contributed by atoms with Crippen LogP contribution in [-0.2, 0) is 6.54 Å². The van der Waals surface area contributed by atoms with Crippen LogP contribution in [0.4, 0.5) is 11.6 Å². The zero-order valence-corrected chi connectivity index (χ0v) is 16.0. The zero-order valence-electron chi connectivity index (χ0n) is 16.0. The molecule has 3 aromatic rings. The number of fused-ring (bicyclic) bond motifs is 1. The number of hydrogen-bond donors (Lipinski definition) is 1. The Bertz CT molecular complexity index is 1100. The molecule has 1 amide bonds. The Morgan fingerprint density at radius 1 is 1.21 bits per heavy atom. The lowest BCUT2D eigenvalue weighted by atomic mass is 10.1. The number of aromatic nitrogens is 4. The number of nitrogens with one attached hydrogen (secondary N) is 1. The van der Waals surface area contributed by atoms with E-state index in [4.69, 9.17) is 0 Å². The maximum Gasteiger partial charge on any atom is 0.262 e. The number of hydrogen-bond acceptors (Lipinski definition) is 6. The third kappa shape index (κ3) is 3.33. The van der Waals surface area contributed by atoms with Crippen LogP contribution in [0.2, 0.25) is 0 Å². The van der Waals surface area contributed by atoms with Crippen molar-refractivity contribution in [2.75, 3.05) is 23.3 Å². The number of carbonyl (C=O) groups excluding carboxylic acids is 1. The lowest BCUT2D eigenvalue weighted by Gasteiger charge is -2.16. The van der Waals surface area contributed by atoms with Gasteiger partial charge < -0.3 is 14.8 Å². The van der Waals surface area contributed by atoms with E-state index < -0.39 is 5.91 Å². The maximum absolute atomic E-state index is 12.9. The molecule has 0 aromatic carbocycles. The summed E-state index contributed by atoms with van der Waals surface area (Å²) in [5.41, 5.74) is 1.14. The van der Waals surface area contributed by atoms with Crippen LogP contribution in [0.25, 0.3) is 11.0 Å². The standard InChI is InChI=1S/C20H22N6O2/c1-3-25-11-15(18(27)14-7-6-13(2)23-19(14)25)20(28)24-16-10-17(22-12-21-16)26-8-4-5-9-26/h6-7,10-12H,3-5,8-9H2,1-2H3,(H,21,22,24,28). The highest BCUT2D eigenvalue weighted by Gasteiger charge is 2.18. The van der Waals surface area contributed by atoms with Gasteiger partial charge in [0.1, 0.15) is 29.2 Å². The highest BCUT2D eigenvalue weighted by Crippen LogP contribution is 2.19. The zero-order chi connectivity index (χ0) is 19.7. The first kappa shape index (κ1) is 18.1. The smallest absolute Gasteiger partial charge is 0.262 e. The lowest BCUT2D eigenvalue weighted by Crippen LogP contribution is -2.25. The van der Waals surface area contributed by atoms with Gasteiger partial charge in [0.25, 0.3) is 5.91 Å². The third-order valence-corrected chi connectivity index (χ3v) is 4.97. The minimum absolute atomic E-state index is 0.0707. The minimum atomic E-state index is -0.485. The molecule has 0 radical (unpaired) electrons. The molecule has 1 saturated heterocycles. The first-order valence-electron chi connectivity index (χ1n) is 9.46. The number of carbonyl (C=O) groups is 1. The largest absolute Gasteiger partial charge is 0.356 e. The normalized spacial score (nSPS) is 13.9. The summed E-state index contributed by atoms with van der Waals surface area (Å²) in [6, 6.07) is 5.24.